The largest absolute Gasteiger partial charge is 0.491 e. The second-order valence-electron chi connectivity index (χ2n) is 5.84. The van der Waals surface area contributed by atoms with E-state index in [0.717, 1.165) is 12.1 Å². The zero-order chi connectivity index (χ0) is 18.6. The third-order valence-corrected chi connectivity index (χ3v) is 4.27. The lowest BCUT2D eigenvalue weighted by molar-refractivity contribution is -0.137. The summed E-state index contributed by atoms with van der Waals surface area (Å²) in [7, 11) is 1.51. The zero-order valence-corrected chi connectivity index (χ0v) is 13.4. The molecule has 0 fully saturated rings. The van der Waals surface area contributed by atoms with E-state index in [4.69, 9.17) is 0 Å². The Morgan fingerprint density at radius 1 is 1.00 bits per heavy atom. The standard InChI is InChI=1S/C17H13F3N4O2/c1-22-14-16(26)23(11-8-6-10(7-9-11)17(18,19)20)21-24(14)13-5-3-2-4-12(13)15(22)25/h2-9,21,26H,1H3. The SMILES string of the molecule is CN1C(=O)c2ccccc2N2NN(c3ccc(C(F)(F)F)cc3)C(O)=C12. The van der Waals surface area contributed by atoms with Gasteiger partial charge in [0.25, 0.3) is 11.8 Å². The van der Waals surface area contributed by atoms with Gasteiger partial charge < -0.3 is 5.11 Å². The summed E-state index contributed by atoms with van der Waals surface area (Å²) >= 11 is 0. The van der Waals surface area contributed by atoms with E-state index in [0.29, 0.717) is 11.3 Å². The van der Waals surface area contributed by atoms with Gasteiger partial charge in [0, 0.05) is 7.05 Å². The van der Waals surface area contributed by atoms with Crippen molar-refractivity contribution < 1.29 is 23.1 Å². The quantitative estimate of drug-likeness (QED) is 0.816. The minimum absolute atomic E-state index is 0.189. The lowest BCUT2D eigenvalue weighted by Crippen LogP contribution is -2.48. The Balaban J connectivity index is 1.75. The number of rotatable bonds is 1. The second kappa shape index (κ2) is 5.40. The molecule has 2 N–H and O–H groups in total. The smallest absolute Gasteiger partial charge is 0.416 e. The van der Waals surface area contributed by atoms with Crippen LogP contribution in [0.25, 0.3) is 0 Å². The molecule has 0 saturated heterocycles. The van der Waals surface area contributed by atoms with Gasteiger partial charge >= 0.3 is 6.18 Å². The molecule has 26 heavy (non-hydrogen) atoms. The first kappa shape index (κ1) is 16.3. The van der Waals surface area contributed by atoms with Crippen molar-refractivity contribution in [3.05, 3.63) is 71.4 Å². The molecule has 0 radical (unpaired) electrons. The predicted octanol–water partition coefficient (Wildman–Crippen LogP) is 3.22. The summed E-state index contributed by atoms with van der Waals surface area (Å²) in [5.74, 6) is -0.404. The molecule has 1 amide bonds. The summed E-state index contributed by atoms with van der Waals surface area (Å²) in [5, 5.41) is 13.3. The predicted molar refractivity (Wildman–Crippen MR) is 87.7 cm³/mol. The van der Waals surface area contributed by atoms with E-state index in [1.807, 2.05) is 0 Å². The van der Waals surface area contributed by atoms with Gasteiger partial charge in [-0.3, -0.25) is 9.69 Å². The number of anilines is 2. The van der Waals surface area contributed by atoms with Crippen LogP contribution in [0.2, 0.25) is 0 Å². The number of para-hydroxylation sites is 1. The van der Waals surface area contributed by atoms with E-state index in [1.54, 1.807) is 24.3 Å². The summed E-state index contributed by atoms with van der Waals surface area (Å²) < 4.78 is 38.2. The third-order valence-electron chi connectivity index (χ3n) is 4.27. The number of nitrogens with one attached hydrogen (secondary N) is 1. The van der Waals surface area contributed by atoms with Gasteiger partial charge in [-0.15, -0.1) is 5.53 Å². The van der Waals surface area contributed by atoms with Crippen LogP contribution in [-0.4, -0.2) is 23.0 Å². The highest BCUT2D eigenvalue weighted by Crippen LogP contribution is 2.37. The maximum Gasteiger partial charge on any atom is 0.416 e. The van der Waals surface area contributed by atoms with Crippen molar-refractivity contribution in [1.29, 1.82) is 0 Å². The Morgan fingerprint density at radius 3 is 2.31 bits per heavy atom. The molecule has 0 aromatic heterocycles. The number of hydrogen-bond donors (Lipinski definition) is 2. The number of carbonyl (C=O) groups is 1. The highest BCUT2D eigenvalue weighted by Gasteiger charge is 2.41. The van der Waals surface area contributed by atoms with Crippen LogP contribution in [0.5, 0.6) is 0 Å². The molecule has 6 nitrogen and oxygen atoms in total. The fourth-order valence-corrected chi connectivity index (χ4v) is 2.97. The minimum atomic E-state index is -4.44. The fourth-order valence-electron chi connectivity index (χ4n) is 2.97. The van der Waals surface area contributed by atoms with Gasteiger partial charge in [0.1, 0.15) is 0 Å². The average molecular weight is 362 g/mol. The molecule has 0 aliphatic carbocycles. The number of fused-ring (bicyclic) bond motifs is 3. The van der Waals surface area contributed by atoms with Crippen molar-refractivity contribution in [3.63, 3.8) is 0 Å². The van der Waals surface area contributed by atoms with Crippen molar-refractivity contribution in [2.45, 2.75) is 6.18 Å². The van der Waals surface area contributed by atoms with Gasteiger partial charge in [-0.25, -0.2) is 10.0 Å². The molecule has 0 atom stereocenters. The van der Waals surface area contributed by atoms with Crippen LogP contribution in [0.4, 0.5) is 24.5 Å². The minimum Gasteiger partial charge on any atom is -0.491 e. The monoisotopic (exact) mass is 362 g/mol. The molecule has 0 spiro atoms. The summed E-state index contributed by atoms with van der Waals surface area (Å²) in [6.07, 6.45) is -4.44. The first-order valence-electron chi connectivity index (χ1n) is 7.63. The normalized spacial score (nSPS) is 16.9. The van der Waals surface area contributed by atoms with Crippen molar-refractivity contribution in [3.8, 4) is 0 Å². The first-order chi connectivity index (χ1) is 12.3. The van der Waals surface area contributed by atoms with Gasteiger partial charge in [0.15, 0.2) is 5.82 Å². The van der Waals surface area contributed by atoms with Crippen molar-refractivity contribution >= 4 is 17.3 Å². The Bertz CT molecular complexity index is 924. The maximum absolute atomic E-state index is 12.7. The van der Waals surface area contributed by atoms with Gasteiger partial charge in [-0.1, -0.05) is 12.1 Å². The topological polar surface area (TPSA) is 59.1 Å². The zero-order valence-electron chi connectivity index (χ0n) is 13.4. The van der Waals surface area contributed by atoms with Crippen LogP contribution in [0.3, 0.4) is 0 Å². The number of nitrogens with zero attached hydrogens (tertiary/aromatic N) is 3. The van der Waals surface area contributed by atoms with Crippen molar-refractivity contribution in [1.82, 2.24) is 10.4 Å². The van der Waals surface area contributed by atoms with Crippen LogP contribution in [0.15, 0.2) is 60.2 Å². The highest BCUT2D eigenvalue weighted by atomic mass is 19.4. The van der Waals surface area contributed by atoms with Crippen LogP contribution < -0.4 is 15.6 Å². The van der Waals surface area contributed by atoms with E-state index in [2.05, 4.69) is 5.53 Å². The number of benzene rings is 2. The van der Waals surface area contributed by atoms with Crippen LogP contribution >= 0.6 is 0 Å². The highest BCUT2D eigenvalue weighted by molar-refractivity contribution is 6.03. The maximum atomic E-state index is 12.7. The molecular weight excluding hydrogens is 349 g/mol. The Kier molecular flexibility index (Phi) is 3.38. The summed E-state index contributed by atoms with van der Waals surface area (Å²) in [6, 6.07) is 11.2. The third kappa shape index (κ3) is 2.28. The van der Waals surface area contributed by atoms with Crippen LogP contribution in [0.1, 0.15) is 15.9 Å². The second-order valence-corrected chi connectivity index (χ2v) is 5.84. The van der Waals surface area contributed by atoms with E-state index >= 15 is 0 Å². The van der Waals surface area contributed by atoms with Crippen LogP contribution in [-0.2, 0) is 6.18 Å². The number of alkyl halides is 3. The molecule has 2 aliphatic rings. The molecule has 134 valence electrons. The molecule has 2 aromatic rings. The van der Waals surface area contributed by atoms with Crippen molar-refractivity contribution in [2.24, 2.45) is 0 Å². The number of hydrogen-bond acceptors (Lipinski definition) is 5. The molecule has 0 unspecified atom stereocenters. The fraction of sp³-hybridized carbons (Fsp3) is 0.118. The molecule has 2 aromatic carbocycles. The van der Waals surface area contributed by atoms with Crippen LogP contribution in [0, 0.1) is 0 Å². The molecule has 2 aliphatic heterocycles. The lowest BCUT2D eigenvalue weighted by Gasteiger charge is -2.33. The molecule has 9 heteroatoms. The molecule has 4 rings (SSSR count). The lowest BCUT2D eigenvalue weighted by atomic mass is 10.1. The molecule has 0 saturated carbocycles. The van der Waals surface area contributed by atoms with Crippen molar-refractivity contribution in [2.75, 3.05) is 17.1 Å². The number of carbonyl (C=O) groups excluding carboxylic acids is 1. The number of aliphatic hydroxyl groups is 1. The number of hydrazine groups is 2. The summed E-state index contributed by atoms with van der Waals surface area (Å²) in [6.45, 7) is 0. The van der Waals surface area contributed by atoms with E-state index < -0.39 is 11.7 Å². The summed E-state index contributed by atoms with van der Waals surface area (Å²) in [5.41, 5.74) is 3.36. The van der Waals surface area contributed by atoms with Gasteiger partial charge in [0.2, 0.25) is 0 Å². The van der Waals surface area contributed by atoms with Gasteiger partial charge in [-0.05, 0) is 36.4 Å². The summed E-state index contributed by atoms with van der Waals surface area (Å²) in [4.78, 5) is 13.8. The average Bonchev–Trinajstić information content (AvgIpc) is 2.97. The van der Waals surface area contributed by atoms with Gasteiger partial charge in [-0.2, -0.15) is 13.2 Å². The Hall–Kier alpha value is -3.20. The number of amides is 1. The molecule has 2 heterocycles. The Labute approximate surface area is 146 Å². The number of aliphatic hydroxyl groups excluding tert-OH is 1. The van der Waals surface area contributed by atoms with Gasteiger partial charge in [0.05, 0.1) is 22.5 Å². The van der Waals surface area contributed by atoms with E-state index in [-0.39, 0.29) is 23.3 Å². The van der Waals surface area contributed by atoms with E-state index in [1.165, 1.54) is 34.1 Å². The Morgan fingerprint density at radius 2 is 1.65 bits per heavy atom. The number of halogens is 3. The van der Waals surface area contributed by atoms with E-state index in [9.17, 15) is 23.1 Å². The molecular formula is C17H13F3N4O2. The molecule has 0 bridgehead atoms. The first-order valence-corrected chi connectivity index (χ1v) is 7.63.